The average Bonchev–Trinajstić information content (AvgIpc) is 3.20. The molecule has 0 aliphatic rings. The highest BCUT2D eigenvalue weighted by Gasteiger charge is 2.08. The third-order valence-corrected chi connectivity index (χ3v) is 5.25. The third kappa shape index (κ3) is 6.73. The fourth-order valence-electron chi connectivity index (χ4n) is 2.85. The van der Waals surface area contributed by atoms with Crippen molar-refractivity contribution in [3.8, 4) is 11.5 Å². The topological polar surface area (TPSA) is 62.5 Å². The summed E-state index contributed by atoms with van der Waals surface area (Å²) in [5, 5.41) is 6.64. The number of aryl methyl sites for hydroxylation is 1. The number of hydrogen-bond donors (Lipinski definition) is 2. The summed E-state index contributed by atoms with van der Waals surface area (Å²) < 4.78 is 18.5. The maximum atomic E-state index is 13.0. The molecular weight excluding hydrogens is 514 g/mol. The van der Waals surface area contributed by atoms with Crippen LogP contribution in [0.1, 0.15) is 16.8 Å². The lowest BCUT2D eigenvalue weighted by molar-refractivity contribution is 0.571. The first-order valence-corrected chi connectivity index (χ1v) is 10.6. The van der Waals surface area contributed by atoms with Crippen molar-refractivity contribution in [2.45, 2.75) is 24.8 Å². The van der Waals surface area contributed by atoms with Crippen LogP contribution in [0.15, 0.2) is 63.0 Å². The highest BCUT2D eigenvalue weighted by molar-refractivity contribution is 14.0. The van der Waals surface area contributed by atoms with Crippen molar-refractivity contribution < 1.29 is 8.81 Å². The number of rotatable bonds is 7. The Morgan fingerprint density at radius 2 is 1.93 bits per heavy atom. The number of hydrogen-bond acceptors (Lipinski definition) is 4. The minimum Gasteiger partial charge on any atom is -0.444 e. The van der Waals surface area contributed by atoms with E-state index in [2.05, 4.69) is 52.0 Å². The molecule has 0 fully saturated rings. The predicted molar refractivity (Wildman–Crippen MR) is 132 cm³/mol. The molecule has 1 heterocycles. The van der Waals surface area contributed by atoms with Crippen LogP contribution in [-0.2, 0) is 13.0 Å². The molecule has 0 aliphatic heterocycles. The summed E-state index contributed by atoms with van der Waals surface area (Å²) in [6.07, 6.45) is 4.41. The Kier molecular flexibility index (Phi) is 9.64. The number of guanidine groups is 1. The number of benzene rings is 2. The van der Waals surface area contributed by atoms with Crippen molar-refractivity contribution in [2.75, 3.05) is 19.8 Å². The van der Waals surface area contributed by atoms with Gasteiger partial charge in [0.1, 0.15) is 12.1 Å². The van der Waals surface area contributed by atoms with Crippen LogP contribution in [-0.4, -0.2) is 30.8 Å². The van der Waals surface area contributed by atoms with Gasteiger partial charge >= 0.3 is 0 Å². The van der Waals surface area contributed by atoms with Crippen LogP contribution in [0, 0.1) is 12.7 Å². The molecule has 0 radical (unpaired) electrons. The standard InChI is InChI=1S/C22H25FN4OS.HI/c1-15-4-5-17(20(12-15)29-3)13-26-22(24-2)25-11-10-19-14-28-21(27-19)16-6-8-18(23)9-7-16;/h4-9,12,14H,10-11,13H2,1-3H3,(H2,24,25,26);1H. The quantitative estimate of drug-likeness (QED) is 0.191. The Hall–Kier alpha value is -2.07. The van der Waals surface area contributed by atoms with Crippen LogP contribution >= 0.6 is 35.7 Å². The second-order valence-corrected chi connectivity index (χ2v) is 7.42. The summed E-state index contributed by atoms with van der Waals surface area (Å²) in [6.45, 7) is 3.47. The Bertz CT molecular complexity index is 976. The molecule has 3 rings (SSSR count). The van der Waals surface area contributed by atoms with E-state index in [0.717, 1.165) is 17.2 Å². The zero-order valence-electron chi connectivity index (χ0n) is 17.2. The zero-order chi connectivity index (χ0) is 20.6. The van der Waals surface area contributed by atoms with Gasteiger partial charge in [-0.25, -0.2) is 9.37 Å². The summed E-state index contributed by atoms with van der Waals surface area (Å²) in [4.78, 5) is 10.0. The summed E-state index contributed by atoms with van der Waals surface area (Å²) >= 11 is 1.75. The van der Waals surface area contributed by atoms with E-state index in [9.17, 15) is 4.39 Å². The molecule has 0 unspecified atom stereocenters. The van der Waals surface area contributed by atoms with Crippen LogP contribution in [0.4, 0.5) is 4.39 Å². The van der Waals surface area contributed by atoms with E-state index < -0.39 is 0 Å². The van der Waals surface area contributed by atoms with Gasteiger partial charge in [-0.3, -0.25) is 4.99 Å². The van der Waals surface area contributed by atoms with E-state index in [1.165, 1.54) is 28.2 Å². The van der Waals surface area contributed by atoms with Crippen molar-refractivity contribution in [2.24, 2.45) is 4.99 Å². The molecule has 0 saturated carbocycles. The zero-order valence-corrected chi connectivity index (χ0v) is 20.4. The maximum Gasteiger partial charge on any atom is 0.226 e. The van der Waals surface area contributed by atoms with Gasteiger partial charge in [0.25, 0.3) is 0 Å². The van der Waals surface area contributed by atoms with Crippen LogP contribution in [0.3, 0.4) is 0 Å². The number of thioether (sulfide) groups is 1. The number of aromatic nitrogens is 1. The van der Waals surface area contributed by atoms with Crippen molar-refractivity contribution in [3.05, 3.63) is 71.4 Å². The van der Waals surface area contributed by atoms with Gasteiger partial charge in [-0.1, -0.05) is 12.1 Å². The van der Waals surface area contributed by atoms with Crippen molar-refractivity contribution in [1.29, 1.82) is 0 Å². The number of aliphatic imine (C=N–C) groups is 1. The Labute approximate surface area is 198 Å². The van der Waals surface area contributed by atoms with Gasteiger partial charge in [0.2, 0.25) is 5.89 Å². The smallest absolute Gasteiger partial charge is 0.226 e. The molecule has 3 aromatic rings. The lowest BCUT2D eigenvalue weighted by Gasteiger charge is -2.13. The van der Waals surface area contributed by atoms with Crippen LogP contribution in [0.25, 0.3) is 11.5 Å². The second kappa shape index (κ2) is 11.9. The number of oxazole rings is 1. The normalized spacial score (nSPS) is 11.1. The van der Waals surface area contributed by atoms with E-state index in [0.29, 0.717) is 25.4 Å². The maximum absolute atomic E-state index is 13.0. The molecule has 0 saturated heterocycles. The van der Waals surface area contributed by atoms with E-state index in [1.54, 1.807) is 37.2 Å². The van der Waals surface area contributed by atoms with Gasteiger partial charge in [-0.2, -0.15) is 0 Å². The minimum atomic E-state index is -0.279. The first-order chi connectivity index (χ1) is 14.1. The van der Waals surface area contributed by atoms with Gasteiger partial charge in [0.05, 0.1) is 5.69 Å². The largest absolute Gasteiger partial charge is 0.444 e. The lowest BCUT2D eigenvalue weighted by Crippen LogP contribution is -2.38. The van der Waals surface area contributed by atoms with E-state index in [-0.39, 0.29) is 29.8 Å². The van der Waals surface area contributed by atoms with Crippen molar-refractivity contribution in [3.63, 3.8) is 0 Å². The van der Waals surface area contributed by atoms with Gasteiger partial charge in [0, 0.05) is 37.0 Å². The van der Waals surface area contributed by atoms with Crippen molar-refractivity contribution >= 4 is 41.7 Å². The van der Waals surface area contributed by atoms with Crippen LogP contribution in [0.2, 0.25) is 0 Å². The highest BCUT2D eigenvalue weighted by Crippen LogP contribution is 2.21. The summed E-state index contributed by atoms with van der Waals surface area (Å²) in [5.41, 5.74) is 4.08. The van der Waals surface area contributed by atoms with Gasteiger partial charge in [-0.05, 0) is 54.6 Å². The molecule has 160 valence electrons. The molecular formula is C22H26FIN4OS. The molecule has 5 nitrogen and oxygen atoms in total. The predicted octanol–water partition coefficient (Wildman–Crippen LogP) is 5.04. The molecule has 0 aliphatic carbocycles. The fourth-order valence-corrected chi connectivity index (χ4v) is 3.56. The summed E-state index contributed by atoms with van der Waals surface area (Å²) in [5.74, 6) is 0.949. The van der Waals surface area contributed by atoms with E-state index >= 15 is 0 Å². The van der Waals surface area contributed by atoms with Crippen LogP contribution in [0.5, 0.6) is 0 Å². The Morgan fingerprint density at radius 3 is 2.63 bits per heavy atom. The van der Waals surface area contributed by atoms with Crippen LogP contribution < -0.4 is 10.6 Å². The number of halogens is 2. The molecule has 30 heavy (non-hydrogen) atoms. The first-order valence-electron chi connectivity index (χ1n) is 9.37. The Balaban J connectivity index is 0.00000320. The molecule has 2 N–H and O–H groups in total. The highest BCUT2D eigenvalue weighted by atomic mass is 127. The van der Waals surface area contributed by atoms with E-state index in [1.807, 2.05) is 0 Å². The fraction of sp³-hybridized carbons (Fsp3) is 0.273. The minimum absolute atomic E-state index is 0. The Morgan fingerprint density at radius 1 is 1.17 bits per heavy atom. The average molecular weight is 540 g/mol. The molecule has 8 heteroatoms. The lowest BCUT2D eigenvalue weighted by atomic mass is 10.1. The number of nitrogens with zero attached hydrogens (tertiary/aromatic N) is 2. The molecule has 1 aromatic heterocycles. The van der Waals surface area contributed by atoms with Gasteiger partial charge in [0.15, 0.2) is 5.96 Å². The monoisotopic (exact) mass is 540 g/mol. The third-order valence-electron chi connectivity index (χ3n) is 4.43. The van der Waals surface area contributed by atoms with Gasteiger partial charge in [-0.15, -0.1) is 35.7 Å². The van der Waals surface area contributed by atoms with Crippen molar-refractivity contribution in [1.82, 2.24) is 15.6 Å². The first kappa shape index (κ1) is 24.2. The molecule has 0 atom stereocenters. The second-order valence-electron chi connectivity index (χ2n) is 6.57. The molecule has 0 spiro atoms. The molecule has 0 amide bonds. The van der Waals surface area contributed by atoms with E-state index in [4.69, 9.17) is 4.42 Å². The SMILES string of the molecule is CN=C(NCCc1coc(-c2ccc(F)cc2)n1)NCc1ccc(C)cc1SC.I. The number of nitrogens with one attached hydrogen (secondary N) is 2. The molecule has 0 bridgehead atoms. The summed E-state index contributed by atoms with van der Waals surface area (Å²) in [6, 6.07) is 12.6. The van der Waals surface area contributed by atoms with Gasteiger partial charge < -0.3 is 15.1 Å². The summed E-state index contributed by atoms with van der Waals surface area (Å²) in [7, 11) is 1.75. The molecule has 2 aromatic carbocycles.